The van der Waals surface area contributed by atoms with Crippen LogP contribution in [0.1, 0.15) is 50.2 Å². The van der Waals surface area contributed by atoms with E-state index in [0.717, 1.165) is 25.3 Å². The van der Waals surface area contributed by atoms with Gasteiger partial charge in [0.05, 0.1) is 5.75 Å². The number of piperidine rings is 1. The molecule has 3 rings (SSSR count). The lowest BCUT2D eigenvalue weighted by Crippen LogP contribution is -2.50. The third-order valence-electron chi connectivity index (χ3n) is 5.52. The van der Waals surface area contributed by atoms with Crippen molar-refractivity contribution in [3.05, 3.63) is 41.6 Å². The van der Waals surface area contributed by atoms with Gasteiger partial charge in [-0.3, -0.25) is 9.69 Å². The van der Waals surface area contributed by atoms with Gasteiger partial charge >= 0.3 is 0 Å². The molecule has 2 aliphatic rings. The Morgan fingerprint density at radius 2 is 2.20 bits per heavy atom. The Morgan fingerprint density at radius 3 is 2.92 bits per heavy atom. The normalized spacial score (nSPS) is 27.8. The van der Waals surface area contributed by atoms with Crippen molar-refractivity contribution in [1.82, 2.24) is 4.90 Å². The van der Waals surface area contributed by atoms with Crippen LogP contribution in [0, 0.1) is 5.92 Å². The van der Waals surface area contributed by atoms with E-state index in [-0.39, 0.29) is 5.78 Å². The monoisotopic (exact) mass is 358 g/mol. The van der Waals surface area contributed by atoms with Crippen LogP contribution in [0.3, 0.4) is 0 Å². The van der Waals surface area contributed by atoms with E-state index in [1.165, 1.54) is 29.5 Å². The molecule has 3 atom stereocenters. The summed E-state index contributed by atoms with van der Waals surface area (Å²) in [7, 11) is 0. The molecule has 0 amide bonds. The molecule has 1 aliphatic heterocycles. The first-order chi connectivity index (χ1) is 12.1. The Morgan fingerprint density at radius 1 is 1.40 bits per heavy atom. The van der Waals surface area contributed by atoms with Gasteiger partial charge in [-0.2, -0.15) is 11.8 Å². The average molecular weight is 359 g/mol. The van der Waals surface area contributed by atoms with Crippen LogP contribution in [0.4, 0.5) is 0 Å². The van der Waals surface area contributed by atoms with Gasteiger partial charge in [-0.05, 0) is 67.3 Å². The van der Waals surface area contributed by atoms with E-state index in [0.29, 0.717) is 23.6 Å². The molecule has 2 unspecified atom stereocenters. The molecule has 25 heavy (non-hydrogen) atoms. The molecule has 4 heteroatoms. The van der Waals surface area contributed by atoms with Crippen LogP contribution in [-0.4, -0.2) is 41.3 Å². The molecule has 0 aromatic heterocycles. The number of likely N-dealkylation sites (tertiary alicyclic amines) is 1. The summed E-state index contributed by atoms with van der Waals surface area (Å²) in [6, 6.07) is 9.37. The SMILES string of the molecule is CCCN1CC(CSCC(C)=O)CC2c3ccccc3/C(=C\N)C[C@H]21. The van der Waals surface area contributed by atoms with Gasteiger partial charge in [-0.1, -0.05) is 31.2 Å². The number of carbonyl (C=O) groups excluding carboxylic acids is 1. The Kier molecular flexibility index (Phi) is 6.24. The molecule has 1 aromatic carbocycles. The quantitative estimate of drug-likeness (QED) is 0.838. The van der Waals surface area contributed by atoms with Crippen molar-refractivity contribution in [2.75, 3.05) is 24.6 Å². The fraction of sp³-hybridized carbons (Fsp3) is 0.571. The van der Waals surface area contributed by atoms with Gasteiger partial charge in [0.1, 0.15) is 5.78 Å². The van der Waals surface area contributed by atoms with Gasteiger partial charge in [-0.25, -0.2) is 0 Å². The van der Waals surface area contributed by atoms with E-state index in [4.69, 9.17) is 5.73 Å². The highest BCUT2D eigenvalue weighted by molar-refractivity contribution is 7.99. The largest absolute Gasteiger partial charge is 0.404 e. The highest BCUT2D eigenvalue weighted by Gasteiger charge is 2.40. The zero-order chi connectivity index (χ0) is 17.8. The van der Waals surface area contributed by atoms with E-state index in [1.807, 2.05) is 6.20 Å². The van der Waals surface area contributed by atoms with E-state index in [2.05, 4.69) is 36.1 Å². The van der Waals surface area contributed by atoms with Crippen LogP contribution < -0.4 is 5.73 Å². The first-order valence-electron chi connectivity index (χ1n) is 9.45. The second-order valence-corrected chi connectivity index (χ2v) is 8.50. The predicted molar refractivity (Wildman–Crippen MR) is 108 cm³/mol. The molecule has 0 bridgehead atoms. The van der Waals surface area contributed by atoms with Crippen LogP contribution >= 0.6 is 11.8 Å². The number of nitrogens with zero attached hydrogens (tertiary/aromatic N) is 1. The molecule has 0 spiro atoms. The molecule has 0 saturated carbocycles. The number of nitrogens with two attached hydrogens (primary N) is 1. The zero-order valence-electron chi connectivity index (χ0n) is 15.4. The maximum Gasteiger partial charge on any atom is 0.139 e. The van der Waals surface area contributed by atoms with E-state index in [9.17, 15) is 4.79 Å². The first-order valence-corrected chi connectivity index (χ1v) is 10.6. The summed E-state index contributed by atoms with van der Waals surface area (Å²) in [5.74, 6) is 3.27. The summed E-state index contributed by atoms with van der Waals surface area (Å²) in [6.07, 6.45) is 5.28. The summed E-state index contributed by atoms with van der Waals surface area (Å²) in [4.78, 5) is 14.0. The Bertz CT molecular complexity index is 643. The van der Waals surface area contributed by atoms with Crippen LogP contribution in [0.5, 0.6) is 0 Å². The van der Waals surface area contributed by atoms with Crippen molar-refractivity contribution >= 4 is 23.1 Å². The molecule has 136 valence electrons. The number of thioether (sulfide) groups is 1. The third-order valence-corrected chi connectivity index (χ3v) is 6.84. The topological polar surface area (TPSA) is 46.3 Å². The fourth-order valence-electron chi connectivity index (χ4n) is 4.56. The lowest BCUT2D eigenvalue weighted by Gasteiger charge is -2.48. The molecule has 1 saturated heterocycles. The Balaban J connectivity index is 1.84. The first kappa shape index (κ1) is 18.5. The van der Waals surface area contributed by atoms with Crippen molar-refractivity contribution in [2.24, 2.45) is 11.7 Å². The average Bonchev–Trinajstić information content (AvgIpc) is 2.61. The van der Waals surface area contributed by atoms with Crippen LogP contribution in [0.15, 0.2) is 30.5 Å². The summed E-state index contributed by atoms with van der Waals surface area (Å²) in [6.45, 7) is 6.25. The van der Waals surface area contributed by atoms with Gasteiger partial charge in [0.2, 0.25) is 0 Å². The van der Waals surface area contributed by atoms with E-state index >= 15 is 0 Å². The van der Waals surface area contributed by atoms with Crippen LogP contribution in [0.2, 0.25) is 0 Å². The molecule has 2 N–H and O–H groups in total. The number of ketones is 1. The fourth-order valence-corrected chi connectivity index (χ4v) is 5.54. The summed E-state index contributed by atoms with van der Waals surface area (Å²) in [5, 5.41) is 0. The molecule has 1 aromatic rings. The van der Waals surface area contributed by atoms with Crippen molar-refractivity contribution in [1.29, 1.82) is 0 Å². The van der Waals surface area contributed by atoms with E-state index in [1.54, 1.807) is 18.7 Å². The van der Waals surface area contributed by atoms with Gasteiger partial charge in [0.25, 0.3) is 0 Å². The number of carbonyl (C=O) groups is 1. The van der Waals surface area contributed by atoms with Crippen LogP contribution in [-0.2, 0) is 4.79 Å². The second kappa shape index (κ2) is 8.41. The maximum atomic E-state index is 11.3. The number of hydrogen-bond donors (Lipinski definition) is 1. The predicted octanol–water partition coefficient (Wildman–Crippen LogP) is 3.90. The molecule has 0 radical (unpaired) electrons. The smallest absolute Gasteiger partial charge is 0.139 e. The summed E-state index contributed by atoms with van der Waals surface area (Å²) < 4.78 is 0. The maximum absolute atomic E-state index is 11.3. The minimum absolute atomic E-state index is 0.282. The van der Waals surface area contributed by atoms with Crippen LogP contribution in [0.25, 0.3) is 5.57 Å². The lowest BCUT2D eigenvalue weighted by atomic mass is 9.70. The number of rotatable bonds is 6. The highest BCUT2D eigenvalue weighted by Crippen LogP contribution is 2.46. The van der Waals surface area contributed by atoms with Gasteiger partial charge < -0.3 is 5.73 Å². The number of fused-ring (bicyclic) bond motifs is 3. The summed E-state index contributed by atoms with van der Waals surface area (Å²) in [5.41, 5.74) is 10.1. The molecule has 1 aliphatic carbocycles. The molecule has 3 nitrogen and oxygen atoms in total. The highest BCUT2D eigenvalue weighted by atomic mass is 32.2. The summed E-state index contributed by atoms with van der Waals surface area (Å²) >= 11 is 1.81. The standard InChI is InChI=1S/C21H30N2OS/c1-3-8-23-12-16(14-25-13-15(2)24)9-20-19-7-5-4-6-18(19)17(11-22)10-21(20)23/h4-7,11,16,20-21H,3,8-10,12-14,22H2,1-2H3/b17-11-/t16?,20?,21-/m1/s1. The van der Waals surface area contributed by atoms with Crippen molar-refractivity contribution in [3.8, 4) is 0 Å². The van der Waals surface area contributed by atoms with Crippen molar-refractivity contribution in [2.45, 2.75) is 45.1 Å². The second-order valence-electron chi connectivity index (χ2n) is 7.47. The van der Waals surface area contributed by atoms with Crippen molar-refractivity contribution < 1.29 is 4.79 Å². The molecular formula is C21H30N2OS. The van der Waals surface area contributed by atoms with Gasteiger partial charge in [0.15, 0.2) is 0 Å². The molecule has 1 heterocycles. The van der Waals surface area contributed by atoms with Gasteiger partial charge in [-0.15, -0.1) is 0 Å². The molecule has 1 fully saturated rings. The van der Waals surface area contributed by atoms with Crippen molar-refractivity contribution in [3.63, 3.8) is 0 Å². The number of benzene rings is 1. The number of Topliss-reactive ketones (excluding diaryl/α,β-unsaturated/α-hetero) is 1. The Labute approximate surface area is 156 Å². The van der Waals surface area contributed by atoms with Gasteiger partial charge in [0, 0.05) is 18.5 Å². The lowest BCUT2D eigenvalue weighted by molar-refractivity contribution is -0.114. The minimum Gasteiger partial charge on any atom is -0.404 e. The number of hydrogen-bond acceptors (Lipinski definition) is 4. The third kappa shape index (κ3) is 4.12. The zero-order valence-corrected chi connectivity index (χ0v) is 16.2. The minimum atomic E-state index is 0.282. The van der Waals surface area contributed by atoms with E-state index < -0.39 is 0 Å². The molecular weight excluding hydrogens is 328 g/mol. The Hall–Kier alpha value is -1.26.